The Morgan fingerprint density at radius 1 is 1.03 bits per heavy atom. The minimum atomic E-state index is 0. The first kappa shape index (κ1) is 21.3. The van der Waals surface area contributed by atoms with Gasteiger partial charge in [0.05, 0.1) is 0 Å². The Labute approximate surface area is 178 Å². The molecule has 0 saturated carbocycles. The van der Waals surface area contributed by atoms with Crippen molar-refractivity contribution < 1.29 is 9.59 Å². The van der Waals surface area contributed by atoms with Crippen molar-refractivity contribution in [3.8, 4) is 0 Å². The molecule has 0 bridgehead atoms. The number of hydrogen-bond acceptors (Lipinski definition) is 3. The molecule has 29 heavy (non-hydrogen) atoms. The Morgan fingerprint density at radius 3 is 2.62 bits per heavy atom. The van der Waals surface area contributed by atoms with E-state index in [4.69, 9.17) is 0 Å². The zero-order chi connectivity index (χ0) is 19.3. The number of Topliss-reactive ketones (excluding diaryl/α,β-unsaturated/α-hetero) is 1. The first-order valence-electron chi connectivity index (χ1n) is 10.1. The number of nitrogens with one attached hydrogen (secondary N) is 1. The second kappa shape index (κ2) is 9.86. The van der Waals surface area contributed by atoms with Crippen LogP contribution in [0.3, 0.4) is 0 Å². The number of halogens is 1. The summed E-state index contributed by atoms with van der Waals surface area (Å²) < 4.78 is 0. The highest BCUT2D eigenvalue weighted by atomic mass is 35.5. The molecule has 4 nitrogen and oxygen atoms in total. The molecule has 0 spiro atoms. The molecule has 1 amide bonds. The summed E-state index contributed by atoms with van der Waals surface area (Å²) in [6.45, 7) is 2.95. The smallest absolute Gasteiger partial charge is 0.224 e. The van der Waals surface area contributed by atoms with Crippen LogP contribution >= 0.6 is 12.4 Å². The molecule has 0 atom stereocenters. The first-order chi connectivity index (χ1) is 13.7. The van der Waals surface area contributed by atoms with Gasteiger partial charge in [0.15, 0.2) is 5.78 Å². The molecule has 0 saturated heterocycles. The second-order valence-electron chi connectivity index (χ2n) is 7.59. The molecular formula is C24H27ClN2O2. The van der Waals surface area contributed by atoms with E-state index in [9.17, 15) is 9.59 Å². The third-order valence-electron chi connectivity index (χ3n) is 5.64. The molecule has 2 aromatic rings. The van der Waals surface area contributed by atoms with E-state index in [0.717, 1.165) is 49.3 Å². The molecule has 2 heterocycles. The van der Waals surface area contributed by atoms with Crippen molar-refractivity contribution in [2.45, 2.75) is 32.1 Å². The molecule has 0 aliphatic carbocycles. The summed E-state index contributed by atoms with van der Waals surface area (Å²) in [6.07, 6.45) is 6.04. The number of carbonyl (C=O) groups excluding carboxylic acids is 2. The van der Waals surface area contributed by atoms with Gasteiger partial charge < -0.3 is 5.32 Å². The summed E-state index contributed by atoms with van der Waals surface area (Å²) in [6, 6.07) is 16.2. The van der Waals surface area contributed by atoms with Crippen LogP contribution in [0.2, 0.25) is 0 Å². The fraction of sp³-hybridized carbons (Fsp3) is 0.333. The number of hydrogen-bond donors (Lipinski definition) is 1. The van der Waals surface area contributed by atoms with Crippen molar-refractivity contribution in [2.75, 3.05) is 25.0 Å². The zero-order valence-corrected chi connectivity index (χ0v) is 17.3. The fourth-order valence-corrected chi connectivity index (χ4v) is 3.99. The van der Waals surface area contributed by atoms with Crippen LogP contribution in [0, 0.1) is 0 Å². The molecule has 0 fully saturated rings. The van der Waals surface area contributed by atoms with Crippen molar-refractivity contribution in [1.29, 1.82) is 0 Å². The fourth-order valence-electron chi connectivity index (χ4n) is 3.99. The van der Waals surface area contributed by atoms with Crippen LogP contribution in [-0.2, 0) is 11.2 Å². The van der Waals surface area contributed by atoms with Gasteiger partial charge in [-0.1, -0.05) is 36.4 Å². The Balaban J connectivity index is 0.00000240. The molecule has 2 aliphatic heterocycles. The Hall–Kier alpha value is -2.43. The predicted molar refractivity (Wildman–Crippen MR) is 120 cm³/mol. The maximum atomic E-state index is 12.6. The van der Waals surface area contributed by atoms with Gasteiger partial charge in [-0.2, -0.15) is 0 Å². The van der Waals surface area contributed by atoms with E-state index < -0.39 is 0 Å². The van der Waals surface area contributed by atoms with Gasteiger partial charge in [-0.3, -0.25) is 14.5 Å². The number of rotatable bonds is 6. The molecule has 2 aromatic carbocycles. The van der Waals surface area contributed by atoms with E-state index in [1.54, 1.807) is 0 Å². The summed E-state index contributed by atoms with van der Waals surface area (Å²) in [4.78, 5) is 26.4. The van der Waals surface area contributed by atoms with Gasteiger partial charge in [0, 0.05) is 37.2 Å². The zero-order valence-electron chi connectivity index (χ0n) is 16.5. The predicted octanol–water partition coefficient (Wildman–Crippen LogP) is 4.75. The lowest BCUT2D eigenvalue weighted by atomic mass is 9.97. The van der Waals surface area contributed by atoms with Crippen LogP contribution in [0.25, 0.3) is 5.57 Å². The van der Waals surface area contributed by atoms with Gasteiger partial charge in [0.25, 0.3) is 0 Å². The largest absolute Gasteiger partial charge is 0.326 e. The van der Waals surface area contributed by atoms with Crippen molar-refractivity contribution in [3.63, 3.8) is 0 Å². The Morgan fingerprint density at radius 2 is 1.86 bits per heavy atom. The summed E-state index contributed by atoms with van der Waals surface area (Å²) in [5.74, 6) is 0.245. The molecule has 0 unspecified atom stereocenters. The number of ketones is 1. The van der Waals surface area contributed by atoms with E-state index >= 15 is 0 Å². The minimum absolute atomic E-state index is 0. The quantitative estimate of drug-likeness (QED) is 0.699. The minimum Gasteiger partial charge on any atom is -0.326 e. The molecular weight excluding hydrogens is 384 g/mol. The van der Waals surface area contributed by atoms with Gasteiger partial charge in [-0.25, -0.2) is 0 Å². The molecule has 0 aromatic heterocycles. The van der Waals surface area contributed by atoms with Crippen molar-refractivity contribution in [3.05, 3.63) is 71.3 Å². The van der Waals surface area contributed by atoms with Crippen molar-refractivity contribution in [1.82, 2.24) is 4.90 Å². The van der Waals surface area contributed by atoms with Crippen LogP contribution in [0.15, 0.2) is 54.6 Å². The number of fused-ring (bicyclic) bond motifs is 1. The van der Waals surface area contributed by atoms with E-state index in [0.29, 0.717) is 19.3 Å². The monoisotopic (exact) mass is 410 g/mol. The summed E-state index contributed by atoms with van der Waals surface area (Å²) in [5, 5.41) is 2.87. The maximum Gasteiger partial charge on any atom is 0.224 e. The van der Waals surface area contributed by atoms with Crippen LogP contribution < -0.4 is 5.32 Å². The van der Waals surface area contributed by atoms with Gasteiger partial charge in [0.1, 0.15) is 0 Å². The summed E-state index contributed by atoms with van der Waals surface area (Å²) in [7, 11) is 0. The topological polar surface area (TPSA) is 49.4 Å². The number of carbonyl (C=O) groups is 2. The first-order valence-corrected chi connectivity index (χ1v) is 10.1. The molecule has 1 N–H and O–H groups in total. The van der Waals surface area contributed by atoms with Gasteiger partial charge >= 0.3 is 0 Å². The number of amides is 1. The lowest BCUT2D eigenvalue weighted by Gasteiger charge is -2.26. The van der Waals surface area contributed by atoms with E-state index in [1.165, 1.54) is 11.1 Å². The second-order valence-corrected chi connectivity index (χ2v) is 7.59. The highest BCUT2D eigenvalue weighted by Crippen LogP contribution is 2.25. The molecule has 5 heteroatoms. The van der Waals surface area contributed by atoms with Crippen LogP contribution in [0.5, 0.6) is 0 Å². The van der Waals surface area contributed by atoms with E-state index in [-0.39, 0.29) is 24.1 Å². The molecule has 2 aliphatic rings. The van der Waals surface area contributed by atoms with Crippen LogP contribution in [-0.4, -0.2) is 36.2 Å². The van der Waals surface area contributed by atoms with Gasteiger partial charge in [-0.15, -0.1) is 12.4 Å². The van der Waals surface area contributed by atoms with E-state index in [2.05, 4.69) is 46.6 Å². The van der Waals surface area contributed by atoms with E-state index in [1.807, 2.05) is 18.2 Å². The van der Waals surface area contributed by atoms with Gasteiger partial charge in [0.2, 0.25) is 5.91 Å². The highest BCUT2D eigenvalue weighted by Gasteiger charge is 2.17. The lowest BCUT2D eigenvalue weighted by Crippen LogP contribution is -2.29. The highest BCUT2D eigenvalue weighted by molar-refractivity contribution is 5.99. The molecule has 4 rings (SSSR count). The number of anilines is 1. The van der Waals surface area contributed by atoms with Crippen LogP contribution in [0.4, 0.5) is 5.69 Å². The summed E-state index contributed by atoms with van der Waals surface area (Å²) in [5.41, 5.74) is 5.43. The molecule has 152 valence electrons. The standard InChI is InChI=1S/C24H26N2O2.ClH/c27-23(21-8-10-22-20(17-21)9-11-24(28)25-22)7-4-14-26-15-12-19(13-16-26)18-5-2-1-3-6-18;/h1-3,5-6,8,10,12,17H,4,7,9,11,13-16H2,(H,25,28);1H. The third kappa shape index (κ3) is 5.34. The number of nitrogens with zero attached hydrogens (tertiary/aromatic N) is 1. The summed E-state index contributed by atoms with van der Waals surface area (Å²) >= 11 is 0. The maximum absolute atomic E-state index is 12.6. The number of benzene rings is 2. The average Bonchev–Trinajstić information content (AvgIpc) is 2.74. The third-order valence-corrected chi connectivity index (χ3v) is 5.64. The lowest BCUT2D eigenvalue weighted by molar-refractivity contribution is -0.116. The Kier molecular flexibility index (Phi) is 7.24. The number of aryl methyl sites for hydroxylation is 1. The SMILES string of the molecule is Cl.O=C1CCc2cc(C(=O)CCCN3CC=C(c4ccccc4)CC3)ccc2N1. The van der Waals surface area contributed by atoms with Crippen molar-refractivity contribution in [2.24, 2.45) is 0 Å². The molecule has 0 radical (unpaired) electrons. The Bertz CT molecular complexity index is 908. The van der Waals surface area contributed by atoms with Crippen molar-refractivity contribution >= 4 is 35.4 Å². The van der Waals surface area contributed by atoms with Crippen LogP contribution in [0.1, 0.15) is 47.2 Å². The van der Waals surface area contributed by atoms with Gasteiger partial charge in [-0.05, 0) is 60.7 Å². The normalized spacial score (nSPS) is 16.3. The average molecular weight is 411 g/mol.